The molecule has 4 heteroatoms. The molecule has 0 saturated heterocycles. The van der Waals surface area contributed by atoms with Crippen molar-refractivity contribution < 1.29 is 8.42 Å². The van der Waals surface area contributed by atoms with E-state index in [1.807, 2.05) is 0 Å². The van der Waals surface area contributed by atoms with Gasteiger partial charge in [0, 0.05) is 12.8 Å². The van der Waals surface area contributed by atoms with Crippen LogP contribution >= 0.6 is 0 Å². The molecule has 1 aliphatic rings. The molecule has 1 aliphatic carbocycles. The molecule has 0 spiro atoms. The van der Waals surface area contributed by atoms with Gasteiger partial charge in [0.2, 0.25) is 0 Å². The Bertz CT molecular complexity index is 313. The van der Waals surface area contributed by atoms with Crippen LogP contribution in [0.15, 0.2) is 0 Å². The van der Waals surface area contributed by atoms with Gasteiger partial charge in [0.1, 0.15) is 9.84 Å². The molecule has 0 aromatic carbocycles. The molecule has 0 radical (unpaired) electrons. The summed E-state index contributed by atoms with van der Waals surface area (Å²) >= 11 is 0. The van der Waals surface area contributed by atoms with E-state index in [4.69, 9.17) is 0 Å². The molecule has 0 aromatic rings. The third-order valence-electron chi connectivity index (χ3n) is 3.89. The minimum Gasteiger partial charge on any atom is -0.306 e. The highest BCUT2D eigenvalue weighted by Crippen LogP contribution is 2.29. The molecule has 0 unspecified atom stereocenters. The van der Waals surface area contributed by atoms with Crippen LogP contribution in [0.2, 0.25) is 0 Å². The van der Waals surface area contributed by atoms with Gasteiger partial charge < -0.3 is 4.90 Å². The van der Waals surface area contributed by atoms with Gasteiger partial charge in [-0.3, -0.25) is 0 Å². The molecule has 1 fully saturated rings. The lowest BCUT2D eigenvalue weighted by Crippen LogP contribution is -2.32. The zero-order valence-electron chi connectivity index (χ0n) is 11.5. The number of rotatable bonds is 6. The van der Waals surface area contributed by atoms with Crippen LogP contribution < -0.4 is 0 Å². The molecule has 102 valence electrons. The summed E-state index contributed by atoms with van der Waals surface area (Å²) in [6.07, 6.45) is 7.54. The molecular formula is C13H27NO2S. The Morgan fingerprint density at radius 2 is 1.88 bits per heavy atom. The Morgan fingerprint density at radius 3 is 2.47 bits per heavy atom. The molecule has 1 rings (SSSR count). The zero-order valence-corrected chi connectivity index (χ0v) is 12.3. The number of hydrogen-bond acceptors (Lipinski definition) is 3. The van der Waals surface area contributed by atoms with E-state index in [0.717, 1.165) is 31.3 Å². The molecular weight excluding hydrogens is 234 g/mol. The van der Waals surface area contributed by atoms with Crippen LogP contribution in [-0.2, 0) is 9.84 Å². The van der Waals surface area contributed by atoms with E-state index in [0.29, 0.717) is 5.75 Å². The van der Waals surface area contributed by atoms with Crippen LogP contribution in [0.3, 0.4) is 0 Å². The summed E-state index contributed by atoms with van der Waals surface area (Å²) in [5.41, 5.74) is 0. The summed E-state index contributed by atoms with van der Waals surface area (Å²) in [7, 11) is -0.676. The van der Waals surface area contributed by atoms with Gasteiger partial charge in [-0.1, -0.05) is 26.2 Å². The average Bonchev–Trinajstić information content (AvgIpc) is 2.19. The van der Waals surface area contributed by atoms with Crippen molar-refractivity contribution in [2.24, 2.45) is 11.8 Å². The Morgan fingerprint density at radius 1 is 1.24 bits per heavy atom. The lowest BCUT2D eigenvalue weighted by atomic mass is 9.80. The lowest BCUT2D eigenvalue weighted by molar-refractivity contribution is 0.181. The van der Waals surface area contributed by atoms with E-state index >= 15 is 0 Å². The van der Waals surface area contributed by atoms with Crippen LogP contribution in [0.4, 0.5) is 0 Å². The highest BCUT2D eigenvalue weighted by atomic mass is 32.2. The summed E-state index contributed by atoms with van der Waals surface area (Å²) in [6.45, 7) is 4.38. The van der Waals surface area contributed by atoms with Crippen LogP contribution in [0.25, 0.3) is 0 Å². The molecule has 0 aliphatic heterocycles. The maximum absolute atomic E-state index is 11.0. The van der Waals surface area contributed by atoms with Gasteiger partial charge >= 0.3 is 0 Å². The van der Waals surface area contributed by atoms with Crippen molar-refractivity contribution in [3.8, 4) is 0 Å². The van der Waals surface area contributed by atoms with Crippen LogP contribution in [0.5, 0.6) is 0 Å². The van der Waals surface area contributed by atoms with Crippen molar-refractivity contribution in [3.05, 3.63) is 0 Å². The highest BCUT2D eigenvalue weighted by molar-refractivity contribution is 7.90. The second-order valence-corrected chi connectivity index (χ2v) is 8.03. The first-order valence-electron chi connectivity index (χ1n) is 6.75. The highest BCUT2D eigenvalue weighted by Gasteiger charge is 2.22. The topological polar surface area (TPSA) is 37.4 Å². The van der Waals surface area contributed by atoms with E-state index in [2.05, 4.69) is 18.9 Å². The summed E-state index contributed by atoms with van der Waals surface area (Å²) < 4.78 is 22.1. The molecule has 0 aromatic heterocycles. The Kier molecular flexibility index (Phi) is 5.93. The molecule has 17 heavy (non-hydrogen) atoms. The minimum absolute atomic E-state index is 0.317. The van der Waals surface area contributed by atoms with Crippen LogP contribution in [-0.4, -0.2) is 45.5 Å². The maximum atomic E-state index is 11.0. The van der Waals surface area contributed by atoms with E-state index in [1.165, 1.54) is 31.9 Å². The molecule has 2 atom stereocenters. The largest absolute Gasteiger partial charge is 0.306 e. The van der Waals surface area contributed by atoms with E-state index in [1.54, 1.807) is 0 Å². The standard InChI is InChI=1S/C13H27NO2S/c1-12-7-4-5-8-13(12)11-14(2)9-6-10-17(3,15)16/h12-13H,4-11H2,1-3H3/t12-,13-/m0/s1. The summed E-state index contributed by atoms with van der Waals surface area (Å²) in [6, 6.07) is 0. The van der Waals surface area contributed by atoms with Gasteiger partial charge in [0.25, 0.3) is 0 Å². The van der Waals surface area contributed by atoms with E-state index < -0.39 is 9.84 Å². The second kappa shape index (κ2) is 6.74. The zero-order chi connectivity index (χ0) is 12.9. The number of sulfone groups is 1. The number of nitrogens with zero attached hydrogens (tertiary/aromatic N) is 1. The van der Waals surface area contributed by atoms with Crippen molar-refractivity contribution in [3.63, 3.8) is 0 Å². The smallest absolute Gasteiger partial charge is 0.147 e. The number of hydrogen-bond donors (Lipinski definition) is 0. The van der Waals surface area contributed by atoms with Crippen LogP contribution in [0, 0.1) is 11.8 Å². The molecule has 1 saturated carbocycles. The predicted molar refractivity (Wildman–Crippen MR) is 72.9 cm³/mol. The van der Waals surface area contributed by atoms with Gasteiger partial charge in [0.05, 0.1) is 5.75 Å². The van der Waals surface area contributed by atoms with Crippen molar-refractivity contribution in [2.45, 2.75) is 39.0 Å². The Balaban J connectivity index is 2.22. The maximum Gasteiger partial charge on any atom is 0.147 e. The van der Waals surface area contributed by atoms with Gasteiger partial charge in [-0.2, -0.15) is 0 Å². The van der Waals surface area contributed by atoms with E-state index in [-0.39, 0.29) is 0 Å². The monoisotopic (exact) mass is 261 g/mol. The fourth-order valence-corrected chi connectivity index (χ4v) is 3.41. The first-order chi connectivity index (χ1) is 7.88. The van der Waals surface area contributed by atoms with Crippen LogP contribution in [0.1, 0.15) is 39.0 Å². The quantitative estimate of drug-likeness (QED) is 0.735. The summed E-state index contributed by atoms with van der Waals surface area (Å²) in [5, 5.41) is 0. The molecule has 0 bridgehead atoms. The molecule has 0 N–H and O–H groups in total. The SMILES string of the molecule is C[C@H]1CCCC[C@H]1CN(C)CCCS(C)(=O)=O. The summed E-state index contributed by atoms with van der Waals surface area (Å²) in [4.78, 5) is 2.30. The van der Waals surface area contributed by atoms with E-state index in [9.17, 15) is 8.42 Å². The first kappa shape index (κ1) is 15.0. The van der Waals surface area contributed by atoms with Crippen molar-refractivity contribution in [1.82, 2.24) is 4.90 Å². The molecule has 0 amide bonds. The van der Waals surface area contributed by atoms with Gasteiger partial charge in [-0.25, -0.2) is 8.42 Å². The third kappa shape index (κ3) is 6.41. The summed E-state index contributed by atoms with van der Waals surface area (Å²) in [5.74, 6) is 1.96. The van der Waals surface area contributed by atoms with Gasteiger partial charge in [-0.05, 0) is 38.3 Å². The first-order valence-corrected chi connectivity index (χ1v) is 8.81. The van der Waals surface area contributed by atoms with Gasteiger partial charge in [0.15, 0.2) is 0 Å². The lowest BCUT2D eigenvalue weighted by Gasteiger charge is -2.32. The minimum atomic E-state index is -2.79. The normalized spacial score (nSPS) is 26.4. The van der Waals surface area contributed by atoms with Gasteiger partial charge in [-0.15, -0.1) is 0 Å². The second-order valence-electron chi connectivity index (χ2n) is 5.77. The predicted octanol–water partition coefficient (Wildman–Crippen LogP) is 2.18. The fourth-order valence-electron chi connectivity index (χ4n) is 2.75. The average molecular weight is 261 g/mol. The third-order valence-corrected chi connectivity index (χ3v) is 4.92. The van der Waals surface area contributed by atoms with Crippen molar-refractivity contribution in [2.75, 3.05) is 32.1 Å². The Hall–Kier alpha value is -0.0900. The van der Waals surface area contributed by atoms with Crippen molar-refractivity contribution in [1.29, 1.82) is 0 Å². The fraction of sp³-hybridized carbons (Fsp3) is 1.00. The molecule has 3 nitrogen and oxygen atoms in total. The van der Waals surface area contributed by atoms with Crippen molar-refractivity contribution >= 4 is 9.84 Å². The Labute approximate surface area is 106 Å². The molecule has 0 heterocycles.